The van der Waals surface area contributed by atoms with E-state index in [4.69, 9.17) is 5.26 Å². The topological polar surface area (TPSA) is 35.8 Å². The van der Waals surface area contributed by atoms with Gasteiger partial charge in [0.05, 0.1) is 11.6 Å². The lowest BCUT2D eigenvalue weighted by Crippen LogP contribution is -1.98. The number of thiophene rings is 1. The lowest BCUT2D eigenvalue weighted by Gasteiger charge is -2.10. The van der Waals surface area contributed by atoms with E-state index in [-0.39, 0.29) is 0 Å². The number of hydrogen-bond donors (Lipinski definition) is 1. The molecule has 0 aliphatic rings. The Morgan fingerprint density at radius 2 is 1.95 bits per heavy atom. The van der Waals surface area contributed by atoms with Gasteiger partial charge in [-0.1, -0.05) is 24.3 Å². The molecule has 0 radical (unpaired) electrons. The molecule has 1 N–H and O–H groups in total. The monoisotopic (exact) mass is 342 g/mol. The molecule has 3 aromatic rings. The summed E-state index contributed by atoms with van der Waals surface area (Å²) in [6, 6.07) is 16.2. The standard InChI is InChI=1S/C16H11BrN2S/c17-12-7-13(20-10-12)9-19-16-6-5-11(8-18)14-3-1-2-4-15(14)16/h1-7,10,19H,9H2. The van der Waals surface area contributed by atoms with E-state index in [2.05, 4.69) is 38.8 Å². The molecule has 3 rings (SSSR count). The van der Waals surface area contributed by atoms with Gasteiger partial charge in [-0.3, -0.25) is 0 Å². The van der Waals surface area contributed by atoms with Gasteiger partial charge in [0.15, 0.2) is 0 Å². The van der Waals surface area contributed by atoms with Crippen molar-refractivity contribution in [2.24, 2.45) is 0 Å². The Kier molecular flexibility index (Phi) is 3.72. The highest BCUT2D eigenvalue weighted by molar-refractivity contribution is 9.10. The van der Waals surface area contributed by atoms with Crippen LogP contribution >= 0.6 is 27.3 Å². The van der Waals surface area contributed by atoms with Gasteiger partial charge in [-0.2, -0.15) is 5.26 Å². The van der Waals surface area contributed by atoms with Crippen molar-refractivity contribution in [3.05, 3.63) is 62.8 Å². The van der Waals surface area contributed by atoms with Crippen molar-refractivity contribution in [3.63, 3.8) is 0 Å². The maximum Gasteiger partial charge on any atom is 0.0998 e. The van der Waals surface area contributed by atoms with Crippen LogP contribution in [0.15, 0.2) is 52.3 Å². The third-order valence-corrected chi connectivity index (χ3v) is 4.82. The van der Waals surface area contributed by atoms with Gasteiger partial charge < -0.3 is 5.32 Å². The van der Waals surface area contributed by atoms with Crippen LogP contribution in [0.5, 0.6) is 0 Å². The molecule has 0 amide bonds. The Labute approximate surface area is 129 Å². The number of nitrogens with zero attached hydrogens (tertiary/aromatic N) is 1. The average Bonchev–Trinajstić information content (AvgIpc) is 2.90. The fourth-order valence-corrected chi connectivity index (χ4v) is 3.57. The van der Waals surface area contributed by atoms with E-state index in [0.717, 1.165) is 27.5 Å². The zero-order valence-electron chi connectivity index (χ0n) is 10.6. The number of hydrogen-bond acceptors (Lipinski definition) is 3. The summed E-state index contributed by atoms with van der Waals surface area (Å²) in [5, 5.41) is 16.8. The molecule has 0 unspecified atom stereocenters. The van der Waals surface area contributed by atoms with E-state index in [1.807, 2.05) is 36.4 Å². The highest BCUT2D eigenvalue weighted by Gasteiger charge is 2.05. The molecule has 0 bridgehead atoms. The normalized spacial score (nSPS) is 10.4. The van der Waals surface area contributed by atoms with Crippen LogP contribution in [0.2, 0.25) is 0 Å². The third kappa shape index (κ3) is 2.55. The summed E-state index contributed by atoms with van der Waals surface area (Å²) in [6.07, 6.45) is 0. The summed E-state index contributed by atoms with van der Waals surface area (Å²) in [5.74, 6) is 0. The first-order chi connectivity index (χ1) is 9.78. The first kappa shape index (κ1) is 13.2. The molecular formula is C16H11BrN2S. The number of halogens is 1. The molecule has 0 saturated heterocycles. The smallest absolute Gasteiger partial charge is 0.0998 e. The Morgan fingerprint density at radius 3 is 2.65 bits per heavy atom. The predicted molar refractivity (Wildman–Crippen MR) is 88.0 cm³/mol. The van der Waals surface area contributed by atoms with Crippen LogP contribution in [0.1, 0.15) is 10.4 Å². The van der Waals surface area contributed by atoms with Gasteiger partial charge in [-0.15, -0.1) is 11.3 Å². The second-order valence-corrected chi connectivity index (χ2v) is 6.31. The van der Waals surface area contributed by atoms with Crippen molar-refractivity contribution in [1.82, 2.24) is 0 Å². The van der Waals surface area contributed by atoms with Gasteiger partial charge >= 0.3 is 0 Å². The maximum absolute atomic E-state index is 9.16. The Morgan fingerprint density at radius 1 is 1.15 bits per heavy atom. The number of rotatable bonds is 3. The van der Waals surface area contributed by atoms with Gasteiger partial charge in [0.1, 0.15) is 0 Å². The number of benzene rings is 2. The molecule has 0 aliphatic heterocycles. The maximum atomic E-state index is 9.16. The first-order valence-corrected chi connectivity index (χ1v) is 7.84. The fraction of sp³-hybridized carbons (Fsp3) is 0.0625. The summed E-state index contributed by atoms with van der Waals surface area (Å²) < 4.78 is 1.11. The highest BCUT2D eigenvalue weighted by Crippen LogP contribution is 2.27. The number of nitriles is 1. The van der Waals surface area contributed by atoms with Crippen molar-refractivity contribution in [2.45, 2.75) is 6.54 Å². The van der Waals surface area contributed by atoms with Crippen molar-refractivity contribution in [1.29, 1.82) is 5.26 Å². The summed E-state index contributed by atoms with van der Waals surface area (Å²) in [7, 11) is 0. The third-order valence-electron chi connectivity index (χ3n) is 3.12. The minimum absolute atomic E-state index is 0.713. The Hall–Kier alpha value is -1.83. The van der Waals surface area contributed by atoms with Crippen molar-refractivity contribution < 1.29 is 0 Å². The molecule has 1 heterocycles. The zero-order chi connectivity index (χ0) is 13.9. The van der Waals surface area contributed by atoms with Gasteiger partial charge in [0.25, 0.3) is 0 Å². The summed E-state index contributed by atoms with van der Waals surface area (Å²) >= 11 is 5.18. The van der Waals surface area contributed by atoms with Crippen LogP contribution in [0, 0.1) is 11.3 Å². The molecule has 0 fully saturated rings. The average molecular weight is 343 g/mol. The molecule has 2 aromatic carbocycles. The van der Waals surface area contributed by atoms with E-state index in [1.165, 1.54) is 4.88 Å². The van der Waals surface area contributed by atoms with Crippen LogP contribution in [0.4, 0.5) is 5.69 Å². The molecule has 1 aromatic heterocycles. The number of nitrogens with one attached hydrogen (secondary N) is 1. The molecule has 0 spiro atoms. The van der Waals surface area contributed by atoms with Crippen LogP contribution in [-0.2, 0) is 6.54 Å². The number of fused-ring (bicyclic) bond motifs is 1. The molecule has 98 valence electrons. The van der Waals surface area contributed by atoms with E-state index in [9.17, 15) is 0 Å². The molecule has 0 aliphatic carbocycles. The fourth-order valence-electron chi connectivity index (χ4n) is 2.18. The SMILES string of the molecule is N#Cc1ccc(NCc2cc(Br)cs2)c2ccccc12. The van der Waals surface area contributed by atoms with Gasteiger partial charge in [-0.25, -0.2) is 0 Å². The first-order valence-electron chi connectivity index (χ1n) is 6.16. The van der Waals surface area contributed by atoms with Crippen LogP contribution in [0.3, 0.4) is 0 Å². The van der Waals surface area contributed by atoms with Crippen molar-refractivity contribution in [2.75, 3.05) is 5.32 Å². The zero-order valence-corrected chi connectivity index (χ0v) is 13.0. The largest absolute Gasteiger partial charge is 0.380 e. The second-order valence-electron chi connectivity index (χ2n) is 4.40. The van der Waals surface area contributed by atoms with E-state index < -0.39 is 0 Å². The minimum atomic E-state index is 0.713. The Bertz CT molecular complexity index is 802. The van der Waals surface area contributed by atoms with Crippen LogP contribution in [0.25, 0.3) is 10.8 Å². The summed E-state index contributed by atoms with van der Waals surface area (Å²) in [4.78, 5) is 1.27. The highest BCUT2D eigenvalue weighted by atomic mass is 79.9. The van der Waals surface area contributed by atoms with E-state index in [1.54, 1.807) is 11.3 Å². The molecule has 20 heavy (non-hydrogen) atoms. The lowest BCUT2D eigenvalue weighted by atomic mass is 10.0. The number of anilines is 1. The predicted octanol–water partition coefficient (Wildman–Crippen LogP) is 5.15. The lowest BCUT2D eigenvalue weighted by molar-refractivity contribution is 1.20. The van der Waals surface area contributed by atoms with E-state index >= 15 is 0 Å². The van der Waals surface area contributed by atoms with Gasteiger partial charge in [0, 0.05) is 37.7 Å². The van der Waals surface area contributed by atoms with Crippen molar-refractivity contribution >= 4 is 43.7 Å². The van der Waals surface area contributed by atoms with Gasteiger partial charge in [-0.05, 0) is 34.1 Å². The molecule has 4 heteroatoms. The molecular weight excluding hydrogens is 332 g/mol. The van der Waals surface area contributed by atoms with E-state index in [0.29, 0.717) is 5.56 Å². The second kappa shape index (κ2) is 5.66. The summed E-state index contributed by atoms with van der Waals surface area (Å²) in [6.45, 7) is 0.784. The minimum Gasteiger partial charge on any atom is -0.380 e. The molecule has 0 atom stereocenters. The Balaban J connectivity index is 1.94. The van der Waals surface area contributed by atoms with Gasteiger partial charge in [0.2, 0.25) is 0 Å². The van der Waals surface area contributed by atoms with Crippen LogP contribution < -0.4 is 5.32 Å². The molecule has 0 saturated carbocycles. The molecule has 2 nitrogen and oxygen atoms in total. The quantitative estimate of drug-likeness (QED) is 0.714. The van der Waals surface area contributed by atoms with Crippen molar-refractivity contribution in [3.8, 4) is 6.07 Å². The summed E-state index contributed by atoms with van der Waals surface area (Å²) in [5.41, 5.74) is 1.77. The van der Waals surface area contributed by atoms with Crippen LogP contribution in [-0.4, -0.2) is 0 Å².